The van der Waals surface area contributed by atoms with Gasteiger partial charge in [0.15, 0.2) is 5.82 Å². The lowest BCUT2D eigenvalue weighted by Crippen LogP contribution is -2.21. The number of ether oxygens (including phenoxy) is 1. The third kappa shape index (κ3) is 6.80. The van der Waals surface area contributed by atoms with E-state index in [0.717, 1.165) is 5.69 Å². The molecule has 0 aliphatic carbocycles. The largest absolute Gasteiger partial charge is 0.487 e. The van der Waals surface area contributed by atoms with Gasteiger partial charge in [-0.05, 0) is 56.1 Å². The van der Waals surface area contributed by atoms with E-state index >= 15 is 0 Å². The zero-order chi connectivity index (χ0) is 25.5. The molecule has 0 spiro atoms. The second kappa shape index (κ2) is 11.7. The highest BCUT2D eigenvalue weighted by molar-refractivity contribution is 6.32. The van der Waals surface area contributed by atoms with Crippen LogP contribution >= 0.6 is 11.6 Å². The van der Waals surface area contributed by atoms with Crippen LogP contribution < -0.4 is 15.4 Å². The van der Waals surface area contributed by atoms with E-state index in [1.165, 1.54) is 24.5 Å². The Labute approximate surface area is 213 Å². The van der Waals surface area contributed by atoms with Gasteiger partial charge in [0.2, 0.25) is 5.91 Å². The van der Waals surface area contributed by atoms with Gasteiger partial charge in [0, 0.05) is 24.0 Å². The van der Waals surface area contributed by atoms with Crippen LogP contribution in [0.4, 0.5) is 15.9 Å². The highest BCUT2D eigenvalue weighted by Gasteiger charge is 2.11. The maximum absolute atomic E-state index is 13.4. The topological polar surface area (TPSA) is 95.2 Å². The lowest BCUT2D eigenvalue weighted by atomic mass is 10.2. The van der Waals surface area contributed by atoms with Crippen molar-refractivity contribution in [2.24, 2.45) is 0 Å². The molecule has 4 aromatic rings. The van der Waals surface area contributed by atoms with Crippen molar-refractivity contribution in [1.29, 1.82) is 0 Å². The fourth-order valence-corrected chi connectivity index (χ4v) is 3.65. The van der Waals surface area contributed by atoms with Crippen LogP contribution in [0.3, 0.4) is 0 Å². The molecule has 0 saturated carbocycles. The van der Waals surface area contributed by atoms with Crippen molar-refractivity contribution in [1.82, 2.24) is 25.2 Å². The molecule has 3 N–H and O–H groups in total. The fourth-order valence-electron chi connectivity index (χ4n) is 3.42. The van der Waals surface area contributed by atoms with Crippen LogP contribution in [0, 0.1) is 5.82 Å². The maximum atomic E-state index is 13.4. The molecule has 0 atom stereocenters. The Hall–Kier alpha value is -3.95. The third-order valence-electron chi connectivity index (χ3n) is 5.14. The number of carbonyl (C=O) groups is 1. The Kier molecular flexibility index (Phi) is 8.14. The summed E-state index contributed by atoms with van der Waals surface area (Å²) in [5, 5.41) is 6.49. The SMILES string of the molecule is CN(C)CC=CC(=O)NCc1cc2ncnc(Nc3ccc(OCc4cccc(F)c4)c(Cl)c3)c2[nH]1. The molecule has 0 aliphatic heterocycles. The smallest absolute Gasteiger partial charge is 0.244 e. The van der Waals surface area contributed by atoms with Crippen LogP contribution in [0.25, 0.3) is 11.0 Å². The number of likely N-dealkylation sites (N-methyl/N-ethyl adjacent to an activating group) is 1. The number of H-pyrrole nitrogens is 1. The Morgan fingerprint density at radius 1 is 1.19 bits per heavy atom. The van der Waals surface area contributed by atoms with E-state index in [0.29, 0.717) is 52.0 Å². The monoisotopic (exact) mass is 508 g/mol. The standard InChI is InChI=1S/C26H26ClFN6O2/c1-34(2)10-4-7-24(35)29-14-20-13-22-25(32-20)26(31-16-30-22)33-19-8-9-23(21(27)12-19)36-15-17-5-3-6-18(28)11-17/h3-9,11-13,16,32H,10,14-15H2,1-2H3,(H,29,35)(H,30,31,33). The minimum Gasteiger partial charge on any atom is -0.487 e. The van der Waals surface area contributed by atoms with E-state index in [1.807, 2.05) is 31.1 Å². The van der Waals surface area contributed by atoms with Gasteiger partial charge in [-0.25, -0.2) is 14.4 Å². The van der Waals surface area contributed by atoms with Gasteiger partial charge in [-0.1, -0.05) is 29.8 Å². The van der Waals surface area contributed by atoms with Crippen molar-refractivity contribution in [3.05, 3.63) is 89.1 Å². The molecule has 1 amide bonds. The number of hydrogen-bond donors (Lipinski definition) is 3. The third-order valence-corrected chi connectivity index (χ3v) is 5.44. The Bertz CT molecular complexity index is 1390. The van der Waals surface area contributed by atoms with Gasteiger partial charge >= 0.3 is 0 Å². The minimum absolute atomic E-state index is 0.172. The van der Waals surface area contributed by atoms with Crippen molar-refractivity contribution in [3.8, 4) is 5.75 Å². The first-order valence-electron chi connectivity index (χ1n) is 11.2. The molecule has 0 unspecified atom stereocenters. The molecule has 186 valence electrons. The Balaban J connectivity index is 1.41. The Morgan fingerprint density at radius 3 is 2.83 bits per heavy atom. The van der Waals surface area contributed by atoms with Gasteiger partial charge in [-0.2, -0.15) is 0 Å². The van der Waals surface area contributed by atoms with E-state index in [1.54, 1.807) is 30.3 Å². The fraction of sp³-hybridized carbons (Fsp3) is 0.192. The number of aromatic nitrogens is 3. The van der Waals surface area contributed by atoms with E-state index in [4.69, 9.17) is 16.3 Å². The van der Waals surface area contributed by atoms with E-state index < -0.39 is 0 Å². The molecule has 0 aliphatic rings. The van der Waals surface area contributed by atoms with Gasteiger partial charge in [0.25, 0.3) is 0 Å². The summed E-state index contributed by atoms with van der Waals surface area (Å²) in [4.78, 5) is 25.9. The first kappa shape index (κ1) is 25.2. The van der Waals surface area contributed by atoms with E-state index in [2.05, 4.69) is 25.6 Å². The second-order valence-electron chi connectivity index (χ2n) is 8.35. The molecule has 2 aromatic carbocycles. The summed E-state index contributed by atoms with van der Waals surface area (Å²) < 4.78 is 19.1. The molecule has 10 heteroatoms. The molecule has 2 aromatic heterocycles. The van der Waals surface area contributed by atoms with Crippen LogP contribution in [-0.2, 0) is 17.9 Å². The van der Waals surface area contributed by atoms with E-state index in [-0.39, 0.29) is 18.3 Å². The van der Waals surface area contributed by atoms with Crippen molar-refractivity contribution in [2.45, 2.75) is 13.2 Å². The van der Waals surface area contributed by atoms with Crippen LogP contribution in [-0.4, -0.2) is 46.4 Å². The minimum atomic E-state index is -0.315. The second-order valence-corrected chi connectivity index (χ2v) is 8.76. The number of carbonyl (C=O) groups excluding carboxylic acids is 1. The summed E-state index contributed by atoms with van der Waals surface area (Å²) >= 11 is 6.41. The predicted octanol–water partition coefficient (Wildman–Crippen LogP) is 4.81. The van der Waals surface area contributed by atoms with Crippen molar-refractivity contribution in [2.75, 3.05) is 26.0 Å². The van der Waals surface area contributed by atoms with Crippen molar-refractivity contribution in [3.63, 3.8) is 0 Å². The summed E-state index contributed by atoms with van der Waals surface area (Å²) in [6.07, 6.45) is 4.78. The quantitative estimate of drug-likeness (QED) is 0.266. The zero-order valence-electron chi connectivity index (χ0n) is 19.9. The van der Waals surface area contributed by atoms with Crippen molar-refractivity contribution < 1.29 is 13.9 Å². The van der Waals surface area contributed by atoms with Crippen LogP contribution in [0.5, 0.6) is 5.75 Å². The number of benzene rings is 2. The first-order valence-corrected chi connectivity index (χ1v) is 11.6. The maximum Gasteiger partial charge on any atom is 0.244 e. The molecule has 0 bridgehead atoms. The lowest BCUT2D eigenvalue weighted by molar-refractivity contribution is -0.116. The molecule has 4 rings (SSSR count). The van der Waals surface area contributed by atoms with Crippen LogP contribution in [0.2, 0.25) is 5.02 Å². The number of anilines is 2. The number of fused-ring (bicyclic) bond motifs is 1. The molecule has 2 heterocycles. The molecule has 8 nitrogen and oxygen atoms in total. The highest BCUT2D eigenvalue weighted by atomic mass is 35.5. The van der Waals surface area contributed by atoms with Crippen LogP contribution in [0.15, 0.2) is 67.0 Å². The molecular formula is C26H26ClFN6O2. The molecule has 36 heavy (non-hydrogen) atoms. The number of nitrogens with zero attached hydrogens (tertiary/aromatic N) is 3. The van der Waals surface area contributed by atoms with Gasteiger partial charge < -0.3 is 25.3 Å². The summed E-state index contributed by atoms with van der Waals surface area (Å²) in [5.74, 6) is 0.559. The summed E-state index contributed by atoms with van der Waals surface area (Å²) in [7, 11) is 3.87. The number of halogens is 2. The average molecular weight is 509 g/mol. The lowest BCUT2D eigenvalue weighted by Gasteiger charge is -2.11. The normalized spacial score (nSPS) is 11.4. The van der Waals surface area contributed by atoms with E-state index in [9.17, 15) is 9.18 Å². The highest BCUT2D eigenvalue weighted by Crippen LogP contribution is 2.31. The summed E-state index contributed by atoms with van der Waals surface area (Å²) in [6, 6.07) is 13.4. The van der Waals surface area contributed by atoms with Crippen molar-refractivity contribution >= 4 is 40.0 Å². The number of hydrogen-bond acceptors (Lipinski definition) is 6. The van der Waals surface area contributed by atoms with Gasteiger partial charge in [0.05, 0.1) is 17.1 Å². The summed E-state index contributed by atoms with van der Waals surface area (Å²) in [6.45, 7) is 1.21. The van der Waals surface area contributed by atoms with Gasteiger partial charge in [-0.3, -0.25) is 4.79 Å². The number of aromatic amines is 1. The number of nitrogens with one attached hydrogen (secondary N) is 3. The Morgan fingerprint density at radius 2 is 2.06 bits per heavy atom. The molecule has 0 saturated heterocycles. The summed E-state index contributed by atoms with van der Waals surface area (Å²) in [5.41, 5.74) is 3.61. The number of rotatable bonds is 10. The molecule has 0 radical (unpaired) electrons. The predicted molar refractivity (Wildman–Crippen MR) is 139 cm³/mol. The van der Waals surface area contributed by atoms with Gasteiger partial charge in [0.1, 0.15) is 30.0 Å². The molecule has 0 fully saturated rings. The van der Waals surface area contributed by atoms with Crippen LogP contribution in [0.1, 0.15) is 11.3 Å². The average Bonchev–Trinajstić information content (AvgIpc) is 3.26. The molecular weight excluding hydrogens is 483 g/mol. The van der Waals surface area contributed by atoms with Gasteiger partial charge in [-0.15, -0.1) is 0 Å². The number of amides is 1. The zero-order valence-corrected chi connectivity index (χ0v) is 20.6. The first-order chi connectivity index (χ1) is 17.4.